The van der Waals surface area contributed by atoms with E-state index in [1.807, 2.05) is 6.26 Å². The lowest BCUT2D eigenvalue weighted by Crippen LogP contribution is -2.09. The lowest BCUT2D eigenvalue weighted by Gasteiger charge is -2.09. The van der Waals surface area contributed by atoms with E-state index < -0.39 is 0 Å². The van der Waals surface area contributed by atoms with Gasteiger partial charge in [0.2, 0.25) is 5.91 Å². The normalized spacial score (nSPS) is 18.2. The zero-order chi connectivity index (χ0) is 11.9. The van der Waals surface area contributed by atoms with Crippen LogP contribution in [0.2, 0.25) is 5.02 Å². The molecule has 0 spiro atoms. The van der Waals surface area contributed by atoms with Gasteiger partial charge in [0.15, 0.2) is 5.78 Å². The second-order valence-electron chi connectivity index (χ2n) is 3.54. The Morgan fingerprint density at radius 3 is 2.75 bits per heavy atom. The summed E-state index contributed by atoms with van der Waals surface area (Å²) in [5.74, 6) is -0.165. The maximum atomic E-state index is 11.7. The summed E-state index contributed by atoms with van der Waals surface area (Å²) in [6.45, 7) is 1.49. The second kappa shape index (κ2) is 4.11. The molecule has 1 aliphatic heterocycles. The number of benzene rings is 1. The molecule has 3 nitrogen and oxygen atoms in total. The van der Waals surface area contributed by atoms with Gasteiger partial charge < -0.3 is 5.32 Å². The molecule has 0 saturated carbocycles. The Bertz CT molecular complexity index is 487. The van der Waals surface area contributed by atoms with Gasteiger partial charge in [-0.3, -0.25) is 9.59 Å². The number of rotatable bonds is 2. The van der Waals surface area contributed by atoms with Crippen LogP contribution in [0.4, 0.5) is 5.69 Å². The first-order valence-electron chi connectivity index (χ1n) is 4.73. The van der Waals surface area contributed by atoms with Gasteiger partial charge in [-0.1, -0.05) is 11.6 Å². The standard InChI is InChI=1S/C11H10ClNO2S/c1-5(14)6-3-4-7(12)9-8(6)10(16-2)11(15)13-9/h3-4,10H,1-2H3,(H,13,15). The summed E-state index contributed by atoms with van der Waals surface area (Å²) >= 11 is 7.40. The van der Waals surface area contributed by atoms with Gasteiger partial charge in [0.25, 0.3) is 0 Å². The van der Waals surface area contributed by atoms with Crippen molar-refractivity contribution in [1.82, 2.24) is 0 Å². The van der Waals surface area contributed by atoms with E-state index in [9.17, 15) is 9.59 Å². The quantitative estimate of drug-likeness (QED) is 0.827. The number of Topliss-reactive ketones (excluding diaryl/α,β-unsaturated/α-hetero) is 1. The van der Waals surface area contributed by atoms with Gasteiger partial charge in [-0.15, -0.1) is 11.8 Å². The lowest BCUT2D eigenvalue weighted by molar-refractivity contribution is -0.115. The molecule has 0 saturated heterocycles. The third-order valence-electron chi connectivity index (χ3n) is 2.56. The maximum absolute atomic E-state index is 11.7. The first kappa shape index (κ1) is 11.5. The Balaban J connectivity index is 2.68. The van der Waals surface area contributed by atoms with Crippen LogP contribution in [-0.4, -0.2) is 17.9 Å². The zero-order valence-electron chi connectivity index (χ0n) is 8.83. The Hall–Kier alpha value is -1.00. The fraction of sp³-hybridized carbons (Fsp3) is 0.273. The van der Waals surface area contributed by atoms with E-state index in [1.165, 1.54) is 18.7 Å². The maximum Gasteiger partial charge on any atom is 0.242 e. The van der Waals surface area contributed by atoms with Crippen molar-refractivity contribution < 1.29 is 9.59 Å². The number of anilines is 1. The van der Waals surface area contributed by atoms with E-state index in [-0.39, 0.29) is 16.9 Å². The third kappa shape index (κ3) is 1.62. The van der Waals surface area contributed by atoms with Crippen LogP contribution < -0.4 is 5.32 Å². The van der Waals surface area contributed by atoms with Gasteiger partial charge in [-0.25, -0.2) is 0 Å². The SMILES string of the molecule is CSC1C(=O)Nc2c(Cl)ccc(C(C)=O)c21. The number of hydrogen-bond donors (Lipinski definition) is 1. The van der Waals surface area contributed by atoms with Crippen LogP contribution in [0.15, 0.2) is 12.1 Å². The van der Waals surface area contributed by atoms with Gasteiger partial charge in [0.05, 0.1) is 10.7 Å². The summed E-state index contributed by atoms with van der Waals surface area (Å²) in [6.07, 6.45) is 1.84. The molecule has 0 radical (unpaired) electrons. The molecule has 84 valence electrons. The molecule has 0 bridgehead atoms. The average molecular weight is 256 g/mol. The number of amides is 1. The van der Waals surface area contributed by atoms with E-state index in [0.29, 0.717) is 16.3 Å². The molecule has 2 rings (SSSR count). The highest BCUT2D eigenvalue weighted by Gasteiger charge is 2.34. The van der Waals surface area contributed by atoms with Gasteiger partial charge in [-0.2, -0.15) is 0 Å². The monoisotopic (exact) mass is 255 g/mol. The van der Waals surface area contributed by atoms with E-state index in [4.69, 9.17) is 11.6 Å². The number of ketones is 1. The van der Waals surface area contributed by atoms with Crippen LogP contribution in [-0.2, 0) is 4.79 Å². The molecule has 1 heterocycles. The van der Waals surface area contributed by atoms with Crippen molar-refractivity contribution >= 4 is 40.7 Å². The van der Waals surface area contributed by atoms with Gasteiger partial charge >= 0.3 is 0 Å². The molecule has 1 N–H and O–H groups in total. The highest BCUT2D eigenvalue weighted by Crippen LogP contribution is 2.44. The highest BCUT2D eigenvalue weighted by molar-refractivity contribution is 7.99. The van der Waals surface area contributed by atoms with Crippen LogP contribution >= 0.6 is 23.4 Å². The van der Waals surface area contributed by atoms with Gasteiger partial charge in [0.1, 0.15) is 5.25 Å². The topological polar surface area (TPSA) is 46.2 Å². The molecular weight excluding hydrogens is 246 g/mol. The summed E-state index contributed by atoms with van der Waals surface area (Å²) < 4.78 is 0. The number of carbonyl (C=O) groups is 2. The van der Waals surface area contributed by atoms with Crippen LogP contribution in [0.3, 0.4) is 0 Å². The Labute approximate surface area is 103 Å². The molecule has 1 aliphatic rings. The van der Waals surface area contributed by atoms with Crippen molar-refractivity contribution in [3.05, 3.63) is 28.3 Å². The molecule has 0 fully saturated rings. The molecule has 1 atom stereocenters. The zero-order valence-corrected chi connectivity index (χ0v) is 10.4. The number of carbonyl (C=O) groups excluding carboxylic acids is 2. The summed E-state index contributed by atoms with van der Waals surface area (Å²) in [6, 6.07) is 3.31. The number of thioether (sulfide) groups is 1. The molecule has 1 aromatic rings. The Morgan fingerprint density at radius 2 is 2.19 bits per heavy atom. The minimum absolute atomic E-state index is 0.0523. The van der Waals surface area contributed by atoms with E-state index in [0.717, 1.165) is 5.56 Å². The fourth-order valence-electron chi connectivity index (χ4n) is 1.84. The predicted molar refractivity (Wildman–Crippen MR) is 66.3 cm³/mol. The highest BCUT2D eigenvalue weighted by atomic mass is 35.5. The molecule has 1 aromatic carbocycles. The summed E-state index contributed by atoms with van der Waals surface area (Å²) in [7, 11) is 0. The summed E-state index contributed by atoms with van der Waals surface area (Å²) in [4.78, 5) is 23.2. The second-order valence-corrected chi connectivity index (χ2v) is 4.89. The van der Waals surface area contributed by atoms with Crippen molar-refractivity contribution in [1.29, 1.82) is 0 Å². The molecule has 1 unspecified atom stereocenters. The van der Waals surface area contributed by atoms with Crippen LogP contribution in [0.5, 0.6) is 0 Å². The van der Waals surface area contributed by atoms with Crippen LogP contribution in [0.25, 0.3) is 0 Å². The largest absolute Gasteiger partial charge is 0.323 e. The molecule has 0 aliphatic carbocycles. The first-order chi connectivity index (χ1) is 7.56. The molecule has 0 aromatic heterocycles. The van der Waals surface area contributed by atoms with Crippen molar-refractivity contribution in [2.75, 3.05) is 11.6 Å². The molecule has 5 heteroatoms. The number of halogens is 1. The van der Waals surface area contributed by atoms with Crippen molar-refractivity contribution in [3.63, 3.8) is 0 Å². The van der Waals surface area contributed by atoms with Crippen molar-refractivity contribution in [3.8, 4) is 0 Å². The number of nitrogens with one attached hydrogen (secondary N) is 1. The van der Waals surface area contributed by atoms with E-state index in [2.05, 4.69) is 5.32 Å². The summed E-state index contributed by atoms with van der Waals surface area (Å²) in [5.41, 5.74) is 1.87. The Kier molecular flexibility index (Phi) is 2.95. The smallest absolute Gasteiger partial charge is 0.242 e. The number of hydrogen-bond acceptors (Lipinski definition) is 3. The molecule has 1 amide bonds. The van der Waals surface area contributed by atoms with E-state index >= 15 is 0 Å². The fourth-order valence-corrected chi connectivity index (χ4v) is 2.81. The molecule has 16 heavy (non-hydrogen) atoms. The minimum Gasteiger partial charge on any atom is -0.323 e. The van der Waals surface area contributed by atoms with Crippen LogP contribution in [0, 0.1) is 0 Å². The third-order valence-corrected chi connectivity index (χ3v) is 3.79. The molecular formula is C11H10ClNO2S. The average Bonchev–Trinajstić information content (AvgIpc) is 2.55. The predicted octanol–water partition coefficient (Wildman–Crippen LogP) is 2.90. The Morgan fingerprint density at radius 1 is 1.50 bits per heavy atom. The number of fused-ring (bicyclic) bond motifs is 1. The summed E-state index contributed by atoms with van der Waals surface area (Å²) in [5, 5.41) is 2.85. The minimum atomic E-state index is -0.340. The van der Waals surface area contributed by atoms with Gasteiger partial charge in [0, 0.05) is 11.1 Å². The van der Waals surface area contributed by atoms with Crippen LogP contribution in [0.1, 0.15) is 28.1 Å². The lowest BCUT2D eigenvalue weighted by atomic mass is 10.0. The van der Waals surface area contributed by atoms with Gasteiger partial charge in [-0.05, 0) is 25.3 Å². The first-order valence-corrected chi connectivity index (χ1v) is 6.40. The van der Waals surface area contributed by atoms with E-state index in [1.54, 1.807) is 12.1 Å². The van der Waals surface area contributed by atoms with Crippen molar-refractivity contribution in [2.45, 2.75) is 12.2 Å². The van der Waals surface area contributed by atoms with Crippen molar-refractivity contribution in [2.24, 2.45) is 0 Å².